The number of anilines is 1. The van der Waals surface area contributed by atoms with Gasteiger partial charge < -0.3 is 10.2 Å². The van der Waals surface area contributed by atoms with Crippen molar-refractivity contribution in [3.05, 3.63) is 65.7 Å². The molecule has 0 aromatic heterocycles. The smallest absolute Gasteiger partial charge is 0.229 e. The van der Waals surface area contributed by atoms with Crippen LogP contribution in [0.4, 0.5) is 14.5 Å². The fourth-order valence-electron chi connectivity index (χ4n) is 4.05. The van der Waals surface area contributed by atoms with Gasteiger partial charge in [-0.2, -0.15) is 0 Å². The van der Waals surface area contributed by atoms with Crippen molar-refractivity contribution < 1.29 is 13.6 Å². The quantitative estimate of drug-likeness (QED) is 0.756. The molecule has 0 saturated carbocycles. The van der Waals surface area contributed by atoms with Gasteiger partial charge in [0.1, 0.15) is 11.6 Å². The van der Waals surface area contributed by atoms with Gasteiger partial charge >= 0.3 is 0 Å². The van der Waals surface area contributed by atoms with Gasteiger partial charge in [-0.1, -0.05) is 12.1 Å². The summed E-state index contributed by atoms with van der Waals surface area (Å²) in [6.07, 6.45) is 1.86. The second-order valence-corrected chi connectivity index (χ2v) is 7.44. The van der Waals surface area contributed by atoms with E-state index in [1.165, 1.54) is 24.3 Å². The zero-order chi connectivity index (χ0) is 19.5. The number of carbonyl (C=O) groups is 1. The maximum absolute atomic E-state index is 13.6. The lowest BCUT2D eigenvalue weighted by atomic mass is 9.92. The lowest BCUT2D eigenvalue weighted by Crippen LogP contribution is -2.48. The third kappa shape index (κ3) is 4.15. The molecule has 148 valence electrons. The van der Waals surface area contributed by atoms with E-state index in [1.54, 1.807) is 18.2 Å². The number of hydrogen-bond acceptors (Lipinski definition) is 4. The molecule has 2 aliphatic heterocycles. The molecule has 2 aliphatic rings. The van der Waals surface area contributed by atoms with Crippen LogP contribution in [-0.2, 0) is 4.79 Å². The highest BCUT2D eigenvalue weighted by Crippen LogP contribution is 2.28. The van der Waals surface area contributed by atoms with Gasteiger partial charge in [-0.05, 0) is 54.8 Å². The Morgan fingerprint density at radius 2 is 1.93 bits per heavy atom. The minimum absolute atomic E-state index is 0.0670. The molecule has 1 amide bonds. The van der Waals surface area contributed by atoms with Gasteiger partial charge in [0, 0.05) is 31.4 Å². The summed E-state index contributed by atoms with van der Waals surface area (Å²) in [6, 6.07) is 12.5. The van der Waals surface area contributed by atoms with Crippen molar-refractivity contribution in [1.29, 1.82) is 0 Å². The Morgan fingerprint density at radius 1 is 1.11 bits per heavy atom. The van der Waals surface area contributed by atoms with Crippen molar-refractivity contribution in [3.63, 3.8) is 0 Å². The van der Waals surface area contributed by atoms with E-state index < -0.39 is 0 Å². The van der Waals surface area contributed by atoms with Crippen LogP contribution in [0.3, 0.4) is 0 Å². The molecule has 2 saturated heterocycles. The number of likely N-dealkylation sites (tertiary alicyclic amines) is 1. The number of nitrogens with zero attached hydrogens (tertiary/aromatic N) is 1. The Labute approximate surface area is 163 Å². The topological polar surface area (TPSA) is 56.4 Å². The number of nitrogens with one attached hydrogen (secondary N) is 3. The van der Waals surface area contributed by atoms with E-state index >= 15 is 0 Å². The molecule has 2 fully saturated rings. The molecule has 2 heterocycles. The van der Waals surface area contributed by atoms with Crippen molar-refractivity contribution in [2.24, 2.45) is 5.92 Å². The van der Waals surface area contributed by atoms with E-state index in [-0.39, 0.29) is 35.5 Å². The molecule has 7 heteroatoms. The zero-order valence-electron chi connectivity index (χ0n) is 15.5. The number of benzene rings is 2. The Morgan fingerprint density at radius 3 is 2.71 bits per heavy atom. The average Bonchev–Trinajstić information content (AvgIpc) is 3.19. The summed E-state index contributed by atoms with van der Waals surface area (Å²) >= 11 is 0. The molecule has 2 aromatic carbocycles. The van der Waals surface area contributed by atoms with Crippen LogP contribution in [-0.4, -0.2) is 36.5 Å². The number of rotatable bonds is 4. The van der Waals surface area contributed by atoms with Crippen molar-refractivity contribution in [1.82, 2.24) is 15.8 Å². The van der Waals surface area contributed by atoms with Gasteiger partial charge in [0.2, 0.25) is 5.91 Å². The van der Waals surface area contributed by atoms with Gasteiger partial charge in [-0.15, -0.1) is 0 Å². The molecule has 3 atom stereocenters. The number of carbonyl (C=O) groups excluding carboxylic acids is 1. The van der Waals surface area contributed by atoms with Crippen LogP contribution in [0, 0.1) is 17.6 Å². The summed E-state index contributed by atoms with van der Waals surface area (Å²) in [6.45, 7) is 1.82. The maximum atomic E-state index is 13.6. The molecule has 3 N–H and O–H groups in total. The molecule has 0 aliphatic carbocycles. The van der Waals surface area contributed by atoms with Crippen LogP contribution >= 0.6 is 0 Å². The highest BCUT2D eigenvalue weighted by molar-refractivity contribution is 5.80. The molecule has 0 spiro atoms. The third-order valence-corrected chi connectivity index (χ3v) is 5.45. The molecule has 0 radical (unpaired) electrons. The number of amides is 1. The first kappa shape index (κ1) is 18.8. The zero-order valence-corrected chi connectivity index (χ0v) is 15.5. The maximum Gasteiger partial charge on any atom is 0.229 e. The summed E-state index contributed by atoms with van der Waals surface area (Å²) in [5.74, 6) is -0.793. The van der Waals surface area contributed by atoms with E-state index in [0.717, 1.165) is 24.1 Å². The van der Waals surface area contributed by atoms with E-state index in [2.05, 4.69) is 16.2 Å². The van der Waals surface area contributed by atoms with Crippen LogP contribution in [0.2, 0.25) is 0 Å². The molecular formula is C21H24F2N4O. The van der Waals surface area contributed by atoms with Crippen LogP contribution in [0.25, 0.3) is 0 Å². The van der Waals surface area contributed by atoms with E-state index in [0.29, 0.717) is 19.6 Å². The Balaban J connectivity index is 1.42. The Hall–Kier alpha value is -2.51. The lowest BCUT2D eigenvalue weighted by molar-refractivity contribution is -0.136. The normalized spacial score (nSPS) is 24.9. The summed E-state index contributed by atoms with van der Waals surface area (Å²) in [5, 5.41) is 3.39. The Kier molecular flexibility index (Phi) is 5.54. The van der Waals surface area contributed by atoms with E-state index in [1.807, 2.05) is 11.0 Å². The minimum Gasteiger partial charge on any atom is -0.381 e. The second kappa shape index (κ2) is 8.24. The predicted octanol–water partition coefficient (Wildman–Crippen LogP) is 2.83. The van der Waals surface area contributed by atoms with Gasteiger partial charge in [-0.3, -0.25) is 10.2 Å². The first-order valence-corrected chi connectivity index (χ1v) is 9.65. The average molecular weight is 386 g/mol. The number of hydrazine groups is 1. The molecule has 2 aromatic rings. The molecule has 3 unspecified atom stereocenters. The summed E-state index contributed by atoms with van der Waals surface area (Å²) in [5.41, 5.74) is 7.77. The van der Waals surface area contributed by atoms with Crippen molar-refractivity contribution in [3.8, 4) is 0 Å². The number of piperidine rings is 1. The van der Waals surface area contributed by atoms with E-state index in [9.17, 15) is 13.6 Å². The van der Waals surface area contributed by atoms with Crippen LogP contribution in [0.1, 0.15) is 24.4 Å². The summed E-state index contributed by atoms with van der Waals surface area (Å²) < 4.78 is 26.7. The van der Waals surface area contributed by atoms with Crippen LogP contribution in [0.5, 0.6) is 0 Å². The molecule has 5 nitrogen and oxygen atoms in total. The van der Waals surface area contributed by atoms with Crippen molar-refractivity contribution >= 4 is 11.6 Å². The fourth-order valence-corrected chi connectivity index (χ4v) is 4.05. The SMILES string of the molecule is O=C(C1CNNC1c1cccc(F)c1)N1CCCC(Nc2ccc(F)cc2)C1. The highest BCUT2D eigenvalue weighted by atomic mass is 19.1. The molecule has 0 bridgehead atoms. The monoisotopic (exact) mass is 386 g/mol. The first-order chi connectivity index (χ1) is 13.6. The van der Waals surface area contributed by atoms with Crippen LogP contribution < -0.4 is 16.2 Å². The molecule has 28 heavy (non-hydrogen) atoms. The lowest BCUT2D eigenvalue weighted by Gasteiger charge is -2.36. The predicted molar refractivity (Wildman–Crippen MR) is 103 cm³/mol. The highest BCUT2D eigenvalue weighted by Gasteiger charge is 2.38. The third-order valence-electron chi connectivity index (χ3n) is 5.45. The van der Waals surface area contributed by atoms with Crippen molar-refractivity contribution in [2.75, 3.05) is 25.0 Å². The molecule has 4 rings (SSSR count). The summed E-state index contributed by atoms with van der Waals surface area (Å²) in [4.78, 5) is 15.1. The van der Waals surface area contributed by atoms with Gasteiger partial charge in [0.25, 0.3) is 0 Å². The van der Waals surface area contributed by atoms with Crippen LogP contribution in [0.15, 0.2) is 48.5 Å². The van der Waals surface area contributed by atoms with E-state index in [4.69, 9.17) is 0 Å². The Bertz CT molecular complexity index is 829. The van der Waals surface area contributed by atoms with Gasteiger partial charge in [-0.25, -0.2) is 14.2 Å². The summed E-state index contributed by atoms with van der Waals surface area (Å²) in [7, 11) is 0. The number of hydrogen-bond donors (Lipinski definition) is 3. The fraction of sp³-hybridized carbons (Fsp3) is 0.381. The van der Waals surface area contributed by atoms with Crippen molar-refractivity contribution in [2.45, 2.75) is 24.9 Å². The largest absolute Gasteiger partial charge is 0.381 e. The molecular weight excluding hydrogens is 362 g/mol. The minimum atomic E-state index is -0.307. The first-order valence-electron chi connectivity index (χ1n) is 9.65. The standard InChI is InChI=1S/C21H24F2N4O/c22-15-6-8-17(9-7-15)25-18-5-2-10-27(13-18)21(28)19-12-24-26-20(19)14-3-1-4-16(23)11-14/h1,3-4,6-9,11,18-20,24-26H,2,5,10,12-13H2. The number of halogens is 2. The van der Waals surface area contributed by atoms with Gasteiger partial charge in [0.15, 0.2) is 0 Å². The van der Waals surface area contributed by atoms with Gasteiger partial charge in [0.05, 0.1) is 12.0 Å². The second-order valence-electron chi connectivity index (χ2n) is 7.44.